The molecule has 0 unspecified atom stereocenters. The summed E-state index contributed by atoms with van der Waals surface area (Å²) in [5.74, 6) is -1.07. The highest BCUT2D eigenvalue weighted by atomic mass is 19.4. The van der Waals surface area contributed by atoms with E-state index in [0.717, 1.165) is 0 Å². The molecule has 1 aromatic rings. The monoisotopic (exact) mass is 252 g/mol. The van der Waals surface area contributed by atoms with Crippen molar-refractivity contribution in [1.82, 2.24) is 4.98 Å². The van der Waals surface area contributed by atoms with Gasteiger partial charge in [-0.3, -0.25) is 0 Å². The molecule has 1 heterocycles. The van der Waals surface area contributed by atoms with Crippen LogP contribution in [0.15, 0.2) is 6.07 Å². The first-order valence-corrected chi connectivity index (χ1v) is 4.20. The summed E-state index contributed by atoms with van der Waals surface area (Å²) >= 11 is 0. The fourth-order valence-corrected chi connectivity index (χ4v) is 1.10. The third-order valence-electron chi connectivity index (χ3n) is 1.83. The van der Waals surface area contributed by atoms with Gasteiger partial charge in [0.1, 0.15) is 5.69 Å². The Morgan fingerprint density at radius 3 is 2.41 bits per heavy atom. The molecule has 0 aliphatic rings. The molecule has 1 aromatic heterocycles. The molecule has 17 heavy (non-hydrogen) atoms. The van der Waals surface area contributed by atoms with Crippen LogP contribution < -0.4 is 4.74 Å². The highest BCUT2D eigenvalue weighted by Crippen LogP contribution is 2.28. The molecular formula is C9H5F5N2O. The van der Waals surface area contributed by atoms with Crippen molar-refractivity contribution in [2.24, 2.45) is 0 Å². The van der Waals surface area contributed by atoms with Crippen LogP contribution in [-0.2, 0) is 0 Å². The van der Waals surface area contributed by atoms with Crippen LogP contribution in [0, 0.1) is 18.3 Å². The molecule has 0 bridgehead atoms. The zero-order chi connectivity index (χ0) is 13.2. The molecule has 0 amide bonds. The average molecular weight is 252 g/mol. The van der Waals surface area contributed by atoms with E-state index >= 15 is 0 Å². The van der Waals surface area contributed by atoms with Gasteiger partial charge in [-0.1, -0.05) is 0 Å². The van der Waals surface area contributed by atoms with E-state index in [1.54, 1.807) is 0 Å². The highest BCUT2D eigenvalue weighted by molar-refractivity contribution is 5.42. The van der Waals surface area contributed by atoms with Gasteiger partial charge >= 0.3 is 6.36 Å². The lowest BCUT2D eigenvalue weighted by molar-refractivity contribution is -0.276. The smallest absolute Gasteiger partial charge is 0.388 e. The Morgan fingerprint density at radius 2 is 2.00 bits per heavy atom. The second-order valence-corrected chi connectivity index (χ2v) is 2.98. The quantitative estimate of drug-likeness (QED) is 0.760. The number of nitrogens with zero attached hydrogens (tertiary/aromatic N) is 2. The predicted molar refractivity (Wildman–Crippen MR) is 45.3 cm³/mol. The van der Waals surface area contributed by atoms with E-state index in [0.29, 0.717) is 6.07 Å². The van der Waals surface area contributed by atoms with E-state index < -0.39 is 24.4 Å². The maximum Gasteiger partial charge on any atom is 0.574 e. The topological polar surface area (TPSA) is 45.9 Å². The summed E-state index contributed by atoms with van der Waals surface area (Å²) in [4.78, 5) is 3.02. The van der Waals surface area contributed by atoms with Crippen LogP contribution in [0.4, 0.5) is 22.0 Å². The first-order chi connectivity index (χ1) is 7.74. The standard InChI is InChI=1S/C9H5F5N2O/c1-4-5(3-15)2-6(17-9(12,13)14)16-7(4)8(10)11/h2,8H,1H3. The first kappa shape index (κ1) is 13.2. The first-order valence-electron chi connectivity index (χ1n) is 4.20. The molecule has 1 rings (SSSR count). The van der Waals surface area contributed by atoms with Crippen molar-refractivity contribution < 1.29 is 26.7 Å². The largest absolute Gasteiger partial charge is 0.574 e. The van der Waals surface area contributed by atoms with Crippen molar-refractivity contribution in [2.45, 2.75) is 19.7 Å². The summed E-state index contributed by atoms with van der Waals surface area (Å²) in [5, 5.41) is 8.59. The Labute approximate surface area is 92.4 Å². The second kappa shape index (κ2) is 4.53. The zero-order valence-corrected chi connectivity index (χ0v) is 8.35. The third kappa shape index (κ3) is 3.27. The summed E-state index contributed by atoms with van der Waals surface area (Å²) in [5.41, 5.74) is -1.41. The van der Waals surface area contributed by atoms with Crippen molar-refractivity contribution in [3.63, 3.8) is 0 Å². The Morgan fingerprint density at radius 1 is 1.41 bits per heavy atom. The predicted octanol–water partition coefficient (Wildman–Crippen LogP) is 3.10. The molecule has 0 aliphatic heterocycles. The van der Waals surface area contributed by atoms with Crippen molar-refractivity contribution >= 4 is 0 Å². The normalized spacial score (nSPS) is 11.4. The summed E-state index contributed by atoms with van der Waals surface area (Å²) in [6.45, 7) is 1.17. The van der Waals surface area contributed by atoms with Crippen LogP contribution in [0.25, 0.3) is 0 Å². The van der Waals surface area contributed by atoms with Crippen LogP contribution in [0.3, 0.4) is 0 Å². The van der Waals surface area contributed by atoms with Gasteiger partial charge in [-0.2, -0.15) is 5.26 Å². The summed E-state index contributed by atoms with van der Waals surface area (Å²) in [6, 6.07) is 2.16. The van der Waals surface area contributed by atoms with Crippen LogP contribution in [0.1, 0.15) is 23.2 Å². The molecule has 0 atom stereocenters. The molecule has 0 saturated carbocycles. The van der Waals surface area contributed by atoms with E-state index in [1.807, 2.05) is 0 Å². The van der Waals surface area contributed by atoms with Crippen LogP contribution in [0.5, 0.6) is 5.88 Å². The molecule has 0 aliphatic carbocycles. The molecule has 92 valence electrons. The van der Waals surface area contributed by atoms with Gasteiger partial charge in [0.15, 0.2) is 0 Å². The number of hydrogen-bond donors (Lipinski definition) is 0. The van der Waals surface area contributed by atoms with Crippen LogP contribution >= 0.6 is 0 Å². The van der Waals surface area contributed by atoms with Gasteiger partial charge in [-0.05, 0) is 12.5 Å². The molecule has 0 N–H and O–H groups in total. The Hall–Kier alpha value is -1.91. The molecule has 0 radical (unpaired) electrons. The fourth-order valence-electron chi connectivity index (χ4n) is 1.10. The van der Waals surface area contributed by atoms with Crippen molar-refractivity contribution in [1.29, 1.82) is 5.26 Å². The lowest BCUT2D eigenvalue weighted by Gasteiger charge is -2.11. The van der Waals surface area contributed by atoms with E-state index in [4.69, 9.17) is 5.26 Å². The minimum atomic E-state index is -5.05. The van der Waals surface area contributed by atoms with Gasteiger partial charge < -0.3 is 4.74 Å². The number of pyridine rings is 1. The van der Waals surface area contributed by atoms with Crippen molar-refractivity contribution in [3.8, 4) is 11.9 Å². The fraction of sp³-hybridized carbons (Fsp3) is 0.333. The van der Waals surface area contributed by atoms with E-state index in [2.05, 4.69) is 9.72 Å². The molecule has 3 nitrogen and oxygen atoms in total. The van der Waals surface area contributed by atoms with Gasteiger partial charge in [-0.15, -0.1) is 13.2 Å². The number of rotatable bonds is 2. The van der Waals surface area contributed by atoms with Gasteiger partial charge in [0.05, 0.1) is 11.6 Å². The lowest BCUT2D eigenvalue weighted by Crippen LogP contribution is -2.18. The summed E-state index contributed by atoms with van der Waals surface area (Å²) < 4.78 is 63.9. The van der Waals surface area contributed by atoms with E-state index in [-0.39, 0.29) is 11.1 Å². The van der Waals surface area contributed by atoms with Gasteiger partial charge in [0, 0.05) is 6.07 Å². The summed E-state index contributed by atoms with van der Waals surface area (Å²) in [6.07, 6.45) is -8.13. The van der Waals surface area contributed by atoms with Crippen molar-refractivity contribution in [2.75, 3.05) is 0 Å². The third-order valence-corrected chi connectivity index (χ3v) is 1.83. The van der Waals surface area contributed by atoms with E-state index in [9.17, 15) is 22.0 Å². The van der Waals surface area contributed by atoms with Gasteiger partial charge in [0.25, 0.3) is 6.43 Å². The Kier molecular flexibility index (Phi) is 3.50. The van der Waals surface area contributed by atoms with E-state index in [1.165, 1.54) is 13.0 Å². The number of alkyl halides is 5. The minimum absolute atomic E-state index is 0.169. The molecule has 8 heteroatoms. The van der Waals surface area contributed by atoms with Crippen molar-refractivity contribution in [3.05, 3.63) is 22.9 Å². The molecule has 0 spiro atoms. The second-order valence-electron chi connectivity index (χ2n) is 2.98. The number of ether oxygens (including phenoxy) is 1. The zero-order valence-electron chi connectivity index (χ0n) is 8.35. The number of aromatic nitrogens is 1. The number of hydrogen-bond acceptors (Lipinski definition) is 3. The van der Waals surface area contributed by atoms with Gasteiger partial charge in [0.2, 0.25) is 5.88 Å². The minimum Gasteiger partial charge on any atom is -0.388 e. The van der Waals surface area contributed by atoms with Crippen LogP contribution in [0.2, 0.25) is 0 Å². The van der Waals surface area contributed by atoms with Crippen LogP contribution in [-0.4, -0.2) is 11.3 Å². The maximum absolute atomic E-state index is 12.4. The molecular weight excluding hydrogens is 247 g/mol. The van der Waals surface area contributed by atoms with Gasteiger partial charge in [-0.25, -0.2) is 13.8 Å². The SMILES string of the molecule is Cc1c(C#N)cc(OC(F)(F)F)nc1C(F)F. The highest BCUT2D eigenvalue weighted by Gasteiger charge is 2.32. The Balaban J connectivity index is 3.27. The maximum atomic E-state index is 12.4. The molecule has 0 aromatic carbocycles. The number of halogens is 5. The molecule has 0 fully saturated rings. The molecule has 0 saturated heterocycles. The number of nitriles is 1. The Bertz CT molecular complexity index is 464. The lowest BCUT2D eigenvalue weighted by atomic mass is 10.1. The summed E-state index contributed by atoms with van der Waals surface area (Å²) in [7, 11) is 0. The average Bonchev–Trinajstić information content (AvgIpc) is 2.17.